The van der Waals surface area contributed by atoms with Gasteiger partial charge in [0.15, 0.2) is 0 Å². The topological polar surface area (TPSA) is 29.5 Å². The van der Waals surface area contributed by atoms with Crippen molar-refractivity contribution in [3.8, 4) is 11.5 Å². The van der Waals surface area contributed by atoms with E-state index in [-0.39, 0.29) is 0 Å². The Hall–Kier alpha value is -1.32. The molecule has 0 saturated carbocycles. The minimum Gasteiger partial charge on any atom is -0.456 e. The maximum absolute atomic E-state index is 9.52. The lowest BCUT2D eigenvalue weighted by atomic mass is 10.1. The van der Waals surface area contributed by atoms with Crippen LogP contribution in [-0.4, -0.2) is 5.11 Å². The van der Waals surface area contributed by atoms with Crippen molar-refractivity contribution in [1.29, 1.82) is 0 Å². The molecule has 0 fully saturated rings. The molecule has 2 rings (SSSR count). The molecule has 0 aliphatic rings. The Morgan fingerprint density at radius 3 is 2.37 bits per heavy atom. The fourth-order valence-corrected chi connectivity index (χ4v) is 2.26. The van der Waals surface area contributed by atoms with Crippen LogP contribution in [0.1, 0.15) is 31.1 Å². The average molecular weight is 321 g/mol. The van der Waals surface area contributed by atoms with Gasteiger partial charge in [-0.1, -0.05) is 25.1 Å². The number of halogens is 1. The van der Waals surface area contributed by atoms with Gasteiger partial charge in [0.25, 0.3) is 0 Å². The zero-order valence-electron chi connectivity index (χ0n) is 11.1. The molecule has 0 aromatic heterocycles. The van der Waals surface area contributed by atoms with E-state index in [2.05, 4.69) is 35.0 Å². The Morgan fingerprint density at radius 1 is 1.16 bits per heavy atom. The lowest BCUT2D eigenvalue weighted by Crippen LogP contribution is -1.92. The second-order valence-corrected chi connectivity index (χ2v) is 5.32. The summed E-state index contributed by atoms with van der Waals surface area (Å²) in [6.07, 6.45) is 0.543. The zero-order valence-corrected chi connectivity index (χ0v) is 12.6. The van der Waals surface area contributed by atoms with Crippen molar-refractivity contribution in [2.24, 2.45) is 0 Å². The minimum atomic E-state index is -0.478. The zero-order chi connectivity index (χ0) is 13.8. The highest BCUT2D eigenvalue weighted by atomic mass is 79.9. The summed E-state index contributed by atoms with van der Waals surface area (Å²) in [7, 11) is 0. The first kappa shape index (κ1) is 14.1. The van der Waals surface area contributed by atoms with Gasteiger partial charge in [-0.15, -0.1) is 0 Å². The molecule has 0 bridgehead atoms. The number of aliphatic hydroxyl groups is 1. The third kappa shape index (κ3) is 3.58. The van der Waals surface area contributed by atoms with Crippen LogP contribution in [0.2, 0.25) is 0 Å². The Kier molecular flexibility index (Phi) is 4.61. The summed E-state index contributed by atoms with van der Waals surface area (Å²) in [6.45, 7) is 3.87. The third-order valence-electron chi connectivity index (χ3n) is 3.00. The molecular formula is C16H17BrO2. The molecule has 19 heavy (non-hydrogen) atoms. The van der Waals surface area contributed by atoms with Crippen LogP contribution >= 0.6 is 15.9 Å². The van der Waals surface area contributed by atoms with Crippen LogP contribution in [0.15, 0.2) is 46.9 Å². The Morgan fingerprint density at radius 2 is 1.84 bits per heavy atom. The highest BCUT2D eigenvalue weighted by molar-refractivity contribution is 9.10. The van der Waals surface area contributed by atoms with Gasteiger partial charge in [0.2, 0.25) is 0 Å². The van der Waals surface area contributed by atoms with Gasteiger partial charge in [0.1, 0.15) is 11.5 Å². The van der Waals surface area contributed by atoms with Crippen LogP contribution in [-0.2, 0) is 6.42 Å². The van der Waals surface area contributed by atoms with Gasteiger partial charge >= 0.3 is 0 Å². The molecule has 1 atom stereocenters. The smallest absolute Gasteiger partial charge is 0.141 e. The van der Waals surface area contributed by atoms with Crippen molar-refractivity contribution < 1.29 is 9.84 Å². The third-order valence-corrected chi connectivity index (χ3v) is 3.62. The minimum absolute atomic E-state index is 0.478. The van der Waals surface area contributed by atoms with Crippen molar-refractivity contribution >= 4 is 15.9 Å². The van der Waals surface area contributed by atoms with Crippen LogP contribution < -0.4 is 4.74 Å². The summed E-state index contributed by atoms with van der Waals surface area (Å²) in [6, 6.07) is 13.7. The number of ether oxygens (including phenoxy) is 1. The summed E-state index contributed by atoms with van der Waals surface area (Å²) in [4.78, 5) is 0. The van der Waals surface area contributed by atoms with E-state index in [4.69, 9.17) is 4.74 Å². The fourth-order valence-electron chi connectivity index (χ4n) is 1.78. The molecule has 0 spiro atoms. The van der Waals surface area contributed by atoms with E-state index < -0.39 is 6.10 Å². The molecule has 2 aromatic rings. The standard InChI is InChI=1S/C16H17BrO2/c1-3-12-4-7-14(8-5-12)19-16-9-6-13(11(2)18)10-15(16)17/h4-11,18H,3H2,1-2H3. The maximum atomic E-state index is 9.52. The Bertz CT molecular complexity index is 547. The average Bonchev–Trinajstić information content (AvgIpc) is 2.41. The molecule has 0 saturated heterocycles. The summed E-state index contributed by atoms with van der Waals surface area (Å²) in [5.74, 6) is 1.55. The van der Waals surface area contributed by atoms with Gasteiger partial charge in [-0.2, -0.15) is 0 Å². The van der Waals surface area contributed by atoms with Gasteiger partial charge in [0, 0.05) is 0 Å². The highest BCUT2D eigenvalue weighted by Crippen LogP contribution is 2.32. The predicted molar refractivity (Wildman–Crippen MR) is 80.7 cm³/mol. The van der Waals surface area contributed by atoms with Gasteiger partial charge in [-0.05, 0) is 64.7 Å². The Labute approximate surface area is 122 Å². The lowest BCUT2D eigenvalue weighted by molar-refractivity contribution is 0.199. The van der Waals surface area contributed by atoms with E-state index in [9.17, 15) is 5.11 Å². The van der Waals surface area contributed by atoms with Crippen LogP contribution in [0, 0.1) is 0 Å². The van der Waals surface area contributed by atoms with E-state index >= 15 is 0 Å². The van der Waals surface area contributed by atoms with Crippen molar-refractivity contribution in [3.63, 3.8) is 0 Å². The molecule has 0 amide bonds. The number of aryl methyl sites for hydroxylation is 1. The van der Waals surface area contributed by atoms with Gasteiger partial charge in [-0.3, -0.25) is 0 Å². The van der Waals surface area contributed by atoms with Gasteiger partial charge < -0.3 is 9.84 Å². The normalized spacial score (nSPS) is 12.2. The van der Waals surface area contributed by atoms with Crippen molar-refractivity contribution in [1.82, 2.24) is 0 Å². The SMILES string of the molecule is CCc1ccc(Oc2ccc(C(C)O)cc2Br)cc1. The van der Waals surface area contributed by atoms with E-state index in [1.807, 2.05) is 30.3 Å². The molecule has 0 heterocycles. The van der Waals surface area contributed by atoms with Crippen molar-refractivity contribution in [3.05, 3.63) is 58.1 Å². The first-order valence-corrected chi connectivity index (χ1v) is 7.13. The molecule has 2 aromatic carbocycles. The van der Waals surface area contributed by atoms with Gasteiger partial charge in [0.05, 0.1) is 10.6 Å². The van der Waals surface area contributed by atoms with Gasteiger partial charge in [-0.25, -0.2) is 0 Å². The molecule has 2 nitrogen and oxygen atoms in total. The van der Waals surface area contributed by atoms with Crippen LogP contribution in [0.5, 0.6) is 11.5 Å². The van der Waals surface area contributed by atoms with Crippen LogP contribution in [0.4, 0.5) is 0 Å². The Balaban J connectivity index is 2.18. The second-order valence-electron chi connectivity index (χ2n) is 4.47. The summed E-state index contributed by atoms with van der Waals surface area (Å²) >= 11 is 3.46. The first-order chi connectivity index (χ1) is 9.10. The second kappa shape index (κ2) is 6.22. The molecule has 3 heteroatoms. The molecule has 0 radical (unpaired) electrons. The molecule has 100 valence electrons. The summed E-state index contributed by atoms with van der Waals surface area (Å²) < 4.78 is 6.65. The fraction of sp³-hybridized carbons (Fsp3) is 0.250. The number of rotatable bonds is 4. The summed E-state index contributed by atoms with van der Waals surface area (Å²) in [5, 5.41) is 9.52. The quantitative estimate of drug-likeness (QED) is 0.871. The number of aliphatic hydroxyl groups excluding tert-OH is 1. The highest BCUT2D eigenvalue weighted by Gasteiger charge is 2.07. The van der Waals surface area contributed by atoms with E-state index in [0.29, 0.717) is 0 Å². The number of hydrogen-bond acceptors (Lipinski definition) is 2. The van der Waals surface area contributed by atoms with E-state index in [1.165, 1.54) is 5.56 Å². The summed E-state index contributed by atoms with van der Waals surface area (Å²) in [5.41, 5.74) is 2.15. The van der Waals surface area contributed by atoms with E-state index in [0.717, 1.165) is 28.0 Å². The number of hydrogen-bond donors (Lipinski definition) is 1. The number of benzene rings is 2. The van der Waals surface area contributed by atoms with Crippen molar-refractivity contribution in [2.75, 3.05) is 0 Å². The maximum Gasteiger partial charge on any atom is 0.141 e. The molecule has 1 unspecified atom stereocenters. The first-order valence-electron chi connectivity index (χ1n) is 6.34. The van der Waals surface area contributed by atoms with Crippen LogP contribution in [0.25, 0.3) is 0 Å². The molecule has 0 aliphatic heterocycles. The lowest BCUT2D eigenvalue weighted by Gasteiger charge is -2.11. The van der Waals surface area contributed by atoms with Crippen molar-refractivity contribution in [2.45, 2.75) is 26.4 Å². The monoisotopic (exact) mass is 320 g/mol. The van der Waals surface area contributed by atoms with E-state index in [1.54, 1.807) is 6.92 Å². The van der Waals surface area contributed by atoms with Crippen LogP contribution in [0.3, 0.4) is 0 Å². The molecular weight excluding hydrogens is 304 g/mol. The predicted octanol–water partition coefficient (Wildman–Crippen LogP) is 4.86. The molecule has 0 aliphatic carbocycles. The molecule has 1 N–H and O–H groups in total. The largest absolute Gasteiger partial charge is 0.456 e.